The molecule has 0 saturated carbocycles. The van der Waals surface area contributed by atoms with E-state index in [0.29, 0.717) is 12.2 Å². The summed E-state index contributed by atoms with van der Waals surface area (Å²) in [6.45, 7) is 0. The number of carbonyl (C=O) groups is 1. The van der Waals surface area contributed by atoms with Gasteiger partial charge in [-0.3, -0.25) is 4.79 Å². The summed E-state index contributed by atoms with van der Waals surface area (Å²) < 4.78 is 5.30. The van der Waals surface area contributed by atoms with E-state index < -0.39 is 11.2 Å². The monoisotopic (exact) mass is 302 g/mol. The van der Waals surface area contributed by atoms with E-state index in [1.54, 1.807) is 7.11 Å². The van der Waals surface area contributed by atoms with Crippen molar-refractivity contribution in [3.63, 3.8) is 0 Å². The molecule has 0 spiro atoms. The van der Waals surface area contributed by atoms with Gasteiger partial charge in [-0.2, -0.15) is 0 Å². The molecule has 1 unspecified atom stereocenters. The first-order valence-corrected chi connectivity index (χ1v) is 7.76. The number of ether oxygens (including phenoxy) is 1. The molecule has 3 nitrogen and oxygen atoms in total. The second-order valence-corrected chi connectivity index (χ2v) is 5.83. The third-order valence-corrected chi connectivity index (χ3v) is 4.42. The maximum Gasteiger partial charge on any atom is 0.316 e. The average molecular weight is 302 g/mol. The molecule has 0 bridgehead atoms. The molecule has 0 radical (unpaired) electrons. The molecular weight excluding hydrogens is 284 g/mol. The van der Waals surface area contributed by atoms with Gasteiger partial charge in [0.2, 0.25) is 0 Å². The minimum Gasteiger partial charge on any atom is -0.496 e. The second kappa shape index (κ2) is 7.74. The number of hydrogen-bond acceptors (Lipinski definition) is 3. The van der Waals surface area contributed by atoms with Crippen LogP contribution in [0.25, 0.3) is 0 Å². The number of para-hydroxylation sites is 1. The van der Waals surface area contributed by atoms with Gasteiger partial charge in [-0.1, -0.05) is 48.5 Å². The molecule has 0 amide bonds. The van der Waals surface area contributed by atoms with Crippen LogP contribution >= 0.6 is 11.8 Å². The summed E-state index contributed by atoms with van der Waals surface area (Å²) in [5, 5.41) is 8.93. The highest BCUT2D eigenvalue weighted by Gasteiger charge is 2.19. The Bertz CT molecular complexity index is 584. The van der Waals surface area contributed by atoms with E-state index in [1.165, 1.54) is 11.8 Å². The van der Waals surface area contributed by atoms with E-state index in [-0.39, 0.29) is 0 Å². The Balaban J connectivity index is 2.02. The van der Waals surface area contributed by atoms with Gasteiger partial charge in [0, 0.05) is 11.3 Å². The Hall–Kier alpha value is -1.94. The molecule has 0 aliphatic heterocycles. The third-order valence-electron chi connectivity index (χ3n) is 3.17. The summed E-state index contributed by atoms with van der Waals surface area (Å²) in [6.07, 6.45) is 0.524. The summed E-state index contributed by atoms with van der Waals surface area (Å²) in [6, 6.07) is 17.4. The number of rotatable bonds is 7. The highest BCUT2D eigenvalue weighted by molar-refractivity contribution is 7.99. The van der Waals surface area contributed by atoms with Crippen molar-refractivity contribution >= 4 is 17.7 Å². The van der Waals surface area contributed by atoms with Crippen LogP contribution in [0.15, 0.2) is 54.6 Å². The Labute approximate surface area is 129 Å². The fraction of sp³-hybridized carbons (Fsp3) is 0.235. The molecule has 0 aromatic heterocycles. The molecule has 0 saturated heterocycles. The number of hydrogen-bond donors (Lipinski definition) is 1. The topological polar surface area (TPSA) is 46.5 Å². The first-order chi connectivity index (χ1) is 10.2. The van der Waals surface area contributed by atoms with E-state index in [0.717, 1.165) is 16.9 Å². The normalized spacial score (nSPS) is 11.9. The minimum atomic E-state index is -0.779. The van der Waals surface area contributed by atoms with Crippen molar-refractivity contribution in [2.45, 2.75) is 17.4 Å². The van der Waals surface area contributed by atoms with E-state index in [4.69, 9.17) is 4.74 Å². The van der Waals surface area contributed by atoms with Gasteiger partial charge in [0.05, 0.1) is 7.11 Å². The quantitative estimate of drug-likeness (QED) is 0.848. The predicted octanol–water partition coefficient (Wildman–Crippen LogP) is 3.62. The second-order valence-electron chi connectivity index (χ2n) is 4.64. The molecule has 2 rings (SSSR count). The zero-order chi connectivity index (χ0) is 15.1. The third kappa shape index (κ3) is 4.53. The number of carboxylic acids is 1. The molecule has 1 N–H and O–H groups in total. The molecule has 2 aromatic carbocycles. The zero-order valence-corrected chi connectivity index (χ0v) is 12.7. The molecule has 110 valence electrons. The van der Waals surface area contributed by atoms with Crippen LogP contribution in [0, 0.1) is 0 Å². The van der Waals surface area contributed by atoms with Gasteiger partial charge in [-0.25, -0.2) is 0 Å². The Morgan fingerprint density at radius 2 is 1.81 bits per heavy atom. The van der Waals surface area contributed by atoms with Crippen LogP contribution in [-0.4, -0.2) is 23.4 Å². The van der Waals surface area contributed by atoms with Gasteiger partial charge >= 0.3 is 5.97 Å². The van der Waals surface area contributed by atoms with Gasteiger partial charge in [-0.15, -0.1) is 11.8 Å². The highest BCUT2D eigenvalue weighted by atomic mass is 32.2. The van der Waals surface area contributed by atoms with Crippen molar-refractivity contribution in [3.8, 4) is 5.75 Å². The summed E-state index contributed by atoms with van der Waals surface area (Å²) in [7, 11) is 1.63. The maximum atomic E-state index is 11.4. The minimum absolute atomic E-state index is 0.461. The summed E-state index contributed by atoms with van der Waals surface area (Å²) in [5.41, 5.74) is 2.06. The molecular formula is C17H18O3S. The fourth-order valence-electron chi connectivity index (χ4n) is 2.06. The van der Waals surface area contributed by atoms with Crippen LogP contribution in [0.4, 0.5) is 0 Å². The SMILES string of the molecule is COc1ccccc1CSC(Cc1ccccc1)C(=O)O. The maximum absolute atomic E-state index is 11.4. The van der Waals surface area contributed by atoms with E-state index in [2.05, 4.69) is 0 Å². The summed E-state index contributed by atoms with van der Waals surface area (Å²) in [4.78, 5) is 11.4. The number of methoxy groups -OCH3 is 1. The summed E-state index contributed by atoms with van der Waals surface area (Å²) >= 11 is 1.43. The first-order valence-electron chi connectivity index (χ1n) is 6.71. The molecule has 1 atom stereocenters. The lowest BCUT2D eigenvalue weighted by Crippen LogP contribution is -2.19. The molecule has 2 aromatic rings. The van der Waals surface area contributed by atoms with Crippen LogP contribution in [-0.2, 0) is 17.0 Å². The Morgan fingerprint density at radius 3 is 2.48 bits per heavy atom. The zero-order valence-electron chi connectivity index (χ0n) is 11.9. The van der Waals surface area contributed by atoms with Crippen LogP contribution in [0.1, 0.15) is 11.1 Å². The fourth-order valence-corrected chi connectivity index (χ4v) is 3.13. The largest absolute Gasteiger partial charge is 0.496 e. The Kier molecular flexibility index (Phi) is 5.69. The van der Waals surface area contributed by atoms with Crippen molar-refractivity contribution in [2.75, 3.05) is 7.11 Å². The molecule has 21 heavy (non-hydrogen) atoms. The predicted molar refractivity (Wildman–Crippen MR) is 85.9 cm³/mol. The van der Waals surface area contributed by atoms with Crippen LogP contribution in [0.3, 0.4) is 0 Å². The lowest BCUT2D eigenvalue weighted by Gasteiger charge is -2.13. The van der Waals surface area contributed by atoms with E-state index >= 15 is 0 Å². The molecule has 0 fully saturated rings. The van der Waals surface area contributed by atoms with Crippen LogP contribution in [0.5, 0.6) is 5.75 Å². The van der Waals surface area contributed by atoms with Gasteiger partial charge in [-0.05, 0) is 18.1 Å². The average Bonchev–Trinajstić information content (AvgIpc) is 2.52. The molecule has 0 aliphatic rings. The van der Waals surface area contributed by atoms with Gasteiger partial charge < -0.3 is 9.84 Å². The molecule has 0 heterocycles. The number of aliphatic carboxylic acids is 1. The van der Waals surface area contributed by atoms with Crippen molar-refractivity contribution in [3.05, 3.63) is 65.7 Å². The van der Waals surface area contributed by atoms with Crippen molar-refractivity contribution < 1.29 is 14.6 Å². The molecule has 4 heteroatoms. The van der Waals surface area contributed by atoms with Crippen molar-refractivity contribution in [1.82, 2.24) is 0 Å². The van der Waals surface area contributed by atoms with Gasteiger partial charge in [0.1, 0.15) is 11.0 Å². The van der Waals surface area contributed by atoms with Crippen LogP contribution < -0.4 is 4.74 Å². The highest BCUT2D eigenvalue weighted by Crippen LogP contribution is 2.27. The first kappa shape index (κ1) is 15.4. The van der Waals surface area contributed by atoms with Gasteiger partial charge in [0.15, 0.2) is 0 Å². The Morgan fingerprint density at radius 1 is 1.14 bits per heavy atom. The van der Waals surface area contributed by atoms with Gasteiger partial charge in [0.25, 0.3) is 0 Å². The van der Waals surface area contributed by atoms with Crippen LogP contribution in [0.2, 0.25) is 0 Å². The number of thioether (sulfide) groups is 1. The summed E-state index contributed by atoms with van der Waals surface area (Å²) in [5.74, 6) is 0.640. The van der Waals surface area contributed by atoms with E-state index in [9.17, 15) is 9.90 Å². The van der Waals surface area contributed by atoms with Crippen molar-refractivity contribution in [1.29, 1.82) is 0 Å². The molecule has 0 aliphatic carbocycles. The smallest absolute Gasteiger partial charge is 0.316 e. The lowest BCUT2D eigenvalue weighted by molar-refractivity contribution is -0.136. The lowest BCUT2D eigenvalue weighted by atomic mass is 10.1. The standard InChI is InChI=1S/C17H18O3S/c1-20-15-10-6-5-9-14(15)12-21-16(17(18)19)11-13-7-3-2-4-8-13/h2-10,16H,11-12H2,1H3,(H,18,19). The van der Waals surface area contributed by atoms with Crippen molar-refractivity contribution in [2.24, 2.45) is 0 Å². The number of benzene rings is 2. The number of carboxylic acid groups (broad SMARTS) is 1. The van der Waals surface area contributed by atoms with E-state index in [1.807, 2.05) is 54.6 Å².